The Bertz CT molecular complexity index is 405. The van der Waals surface area contributed by atoms with Gasteiger partial charge >= 0.3 is 0 Å². The van der Waals surface area contributed by atoms with Crippen LogP contribution < -0.4 is 14.8 Å². The largest absolute Gasteiger partial charge is 0.497 e. The Labute approximate surface area is 127 Å². The lowest BCUT2D eigenvalue weighted by atomic mass is 10.2. The van der Waals surface area contributed by atoms with Crippen LogP contribution in [0.4, 0.5) is 0 Å². The summed E-state index contributed by atoms with van der Waals surface area (Å²) < 4.78 is 16.9. The van der Waals surface area contributed by atoms with E-state index in [0.717, 1.165) is 37.4 Å². The molecule has 0 bridgehead atoms. The first-order valence-electron chi connectivity index (χ1n) is 7.80. The van der Waals surface area contributed by atoms with Crippen molar-refractivity contribution in [2.45, 2.75) is 38.9 Å². The number of methoxy groups -OCH3 is 1. The summed E-state index contributed by atoms with van der Waals surface area (Å²) in [5.41, 5.74) is 0. The maximum absolute atomic E-state index is 6.00. The molecule has 21 heavy (non-hydrogen) atoms. The van der Waals surface area contributed by atoms with Gasteiger partial charge in [-0.1, -0.05) is 13.8 Å². The highest BCUT2D eigenvalue weighted by atomic mass is 16.5. The molecular formula is C17H27NO3. The van der Waals surface area contributed by atoms with Gasteiger partial charge < -0.3 is 19.5 Å². The summed E-state index contributed by atoms with van der Waals surface area (Å²) in [6, 6.07) is 7.66. The van der Waals surface area contributed by atoms with Gasteiger partial charge in [-0.2, -0.15) is 0 Å². The zero-order chi connectivity index (χ0) is 15.1. The van der Waals surface area contributed by atoms with Gasteiger partial charge in [0.25, 0.3) is 0 Å². The van der Waals surface area contributed by atoms with Gasteiger partial charge in [-0.25, -0.2) is 0 Å². The van der Waals surface area contributed by atoms with Gasteiger partial charge in [0.15, 0.2) is 0 Å². The van der Waals surface area contributed by atoms with Crippen molar-refractivity contribution in [3.8, 4) is 11.5 Å². The molecule has 1 heterocycles. The van der Waals surface area contributed by atoms with Crippen molar-refractivity contribution in [3.63, 3.8) is 0 Å². The van der Waals surface area contributed by atoms with Crippen LogP contribution in [-0.4, -0.2) is 39.0 Å². The third kappa shape index (κ3) is 5.56. The van der Waals surface area contributed by atoms with E-state index in [4.69, 9.17) is 14.2 Å². The smallest absolute Gasteiger partial charge is 0.119 e. The number of rotatable bonds is 8. The van der Waals surface area contributed by atoms with E-state index in [1.165, 1.54) is 0 Å². The summed E-state index contributed by atoms with van der Waals surface area (Å²) >= 11 is 0. The molecule has 0 aliphatic carbocycles. The summed E-state index contributed by atoms with van der Waals surface area (Å²) in [4.78, 5) is 0. The topological polar surface area (TPSA) is 39.7 Å². The average molecular weight is 293 g/mol. The predicted molar refractivity (Wildman–Crippen MR) is 84.1 cm³/mol. The molecule has 0 saturated carbocycles. The van der Waals surface area contributed by atoms with E-state index < -0.39 is 0 Å². The predicted octanol–water partition coefficient (Wildman–Crippen LogP) is 2.87. The molecule has 1 N–H and O–H groups in total. The van der Waals surface area contributed by atoms with E-state index in [-0.39, 0.29) is 6.10 Å². The third-order valence-electron chi connectivity index (χ3n) is 3.62. The zero-order valence-corrected chi connectivity index (χ0v) is 13.3. The molecule has 118 valence electrons. The summed E-state index contributed by atoms with van der Waals surface area (Å²) in [5.74, 6) is 2.39. The minimum absolute atomic E-state index is 0.206. The number of benzene rings is 1. The zero-order valence-electron chi connectivity index (χ0n) is 13.3. The van der Waals surface area contributed by atoms with Crippen LogP contribution in [0.5, 0.6) is 11.5 Å². The second kappa shape index (κ2) is 8.25. The summed E-state index contributed by atoms with van der Waals surface area (Å²) in [6.07, 6.45) is 2.72. The summed E-state index contributed by atoms with van der Waals surface area (Å²) in [6.45, 7) is 7.04. The molecule has 1 saturated heterocycles. The van der Waals surface area contributed by atoms with Crippen molar-refractivity contribution >= 4 is 0 Å². The lowest BCUT2D eigenvalue weighted by Gasteiger charge is -2.16. The summed E-state index contributed by atoms with van der Waals surface area (Å²) in [5, 5.41) is 3.45. The van der Waals surface area contributed by atoms with Crippen LogP contribution in [-0.2, 0) is 4.74 Å². The molecule has 4 heteroatoms. The number of hydrogen-bond acceptors (Lipinski definition) is 4. The van der Waals surface area contributed by atoms with Gasteiger partial charge in [-0.3, -0.25) is 0 Å². The van der Waals surface area contributed by atoms with Gasteiger partial charge in [0.2, 0.25) is 0 Å². The molecule has 1 aliphatic rings. The highest BCUT2D eigenvalue weighted by Crippen LogP contribution is 2.22. The fourth-order valence-corrected chi connectivity index (χ4v) is 2.45. The second-order valence-corrected chi connectivity index (χ2v) is 6.00. The van der Waals surface area contributed by atoms with E-state index in [9.17, 15) is 0 Å². The quantitative estimate of drug-likeness (QED) is 0.800. The molecule has 0 spiro atoms. The average Bonchev–Trinajstić information content (AvgIpc) is 2.93. The maximum Gasteiger partial charge on any atom is 0.119 e. The van der Waals surface area contributed by atoms with Crippen molar-refractivity contribution in [1.29, 1.82) is 0 Å². The molecule has 1 aromatic rings. The van der Waals surface area contributed by atoms with Crippen LogP contribution in [0, 0.1) is 5.92 Å². The first-order valence-corrected chi connectivity index (χ1v) is 7.80. The van der Waals surface area contributed by atoms with E-state index in [0.29, 0.717) is 18.6 Å². The highest BCUT2D eigenvalue weighted by molar-refractivity contribution is 5.31. The van der Waals surface area contributed by atoms with Crippen LogP contribution in [0.3, 0.4) is 0 Å². The highest BCUT2D eigenvalue weighted by Gasteiger charge is 2.25. The first-order chi connectivity index (χ1) is 10.2. The van der Waals surface area contributed by atoms with Crippen molar-refractivity contribution < 1.29 is 14.2 Å². The normalized spacial score (nSPS) is 21.7. The monoisotopic (exact) mass is 293 g/mol. The second-order valence-electron chi connectivity index (χ2n) is 6.00. The van der Waals surface area contributed by atoms with Gasteiger partial charge in [0, 0.05) is 6.54 Å². The maximum atomic E-state index is 6.00. The van der Waals surface area contributed by atoms with Crippen molar-refractivity contribution in [1.82, 2.24) is 5.32 Å². The standard InChI is InChI=1S/C17H27NO3/c1-13(2)10-18-11-16-8-9-17(21-16)12-20-15-6-4-14(19-3)5-7-15/h4-7,13,16-18H,8-12H2,1-3H3. The number of ether oxygens (including phenoxy) is 3. The van der Waals surface area contributed by atoms with Crippen LogP contribution in [0.25, 0.3) is 0 Å². The van der Waals surface area contributed by atoms with Crippen LogP contribution in [0.2, 0.25) is 0 Å². The lowest BCUT2D eigenvalue weighted by Crippen LogP contribution is -2.30. The third-order valence-corrected chi connectivity index (χ3v) is 3.62. The van der Waals surface area contributed by atoms with E-state index in [1.54, 1.807) is 7.11 Å². The van der Waals surface area contributed by atoms with E-state index in [2.05, 4.69) is 19.2 Å². The Morgan fingerprint density at radius 3 is 2.48 bits per heavy atom. The molecule has 2 atom stereocenters. The molecule has 2 rings (SSSR count). The molecule has 0 radical (unpaired) electrons. The molecule has 0 aromatic heterocycles. The minimum Gasteiger partial charge on any atom is -0.497 e. The van der Waals surface area contributed by atoms with Crippen molar-refractivity contribution in [2.75, 3.05) is 26.8 Å². The SMILES string of the molecule is COc1ccc(OCC2CCC(CNCC(C)C)O2)cc1. The van der Waals surface area contributed by atoms with Gasteiger partial charge in [-0.05, 0) is 49.6 Å². The molecule has 1 fully saturated rings. The molecule has 2 unspecified atom stereocenters. The van der Waals surface area contributed by atoms with Crippen LogP contribution in [0.1, 0.15) is 26.7 Å². The Balaban J connectivity index is 1.65. The molecule has 4 nitrogen and oxygen atoms in total. The minimum atomic E-state index is 0.206. The Morgan fingerprint density at radius 2 is 1.81 bits per heavy atom. The lowest BCUT2D eigenvalue weighted by molar-refractivity contribution is 0.0184. The first kappa shape index (κ1) is 16.1. The fraction of sp³-hybridized carbons (Fsp3) is 0.647. The Hall–Kier alpha value is -1.26. The van der Waals surface area contributed by atoms with Crippen molar-refractivity contribution in [2.24, 2.45) is 5.92 Å². The Morgan fingerprint density at radius 1 is 1.14 bits per heavy atom. The molecule has 1 aliphatic heterocycles. The van der Waals surface area contributed by atoms with E-state index >= 15 is 0 Å². The number of nitrogens with one attached hydrogen (secondary N) is 1. The Kier molecular flexibility index (Phi) is 6.33. The van der Waals surface area contributed by atoms with Gasteiger partial charge in [0.1, 0.15) is 18.1 Å². The van der Waals surface area contributed by atoms with E-state index in [1.807, 2.05) is 24.3 Å². The number of hydrogen-bond donors (Lipinski definition) is 1. The molecule has 0 amide bonds. The van der Waals surface area contributed by atoms with Gasteiger partial charge in [0.05, 0.1) is 19.3 Å². The van der Waals surface area contributed by atoms with Gasteiger partial charge in [-0.15, -0.1) is 0 Å². The fourth-order valence-electron chi connectivity index (χ4n) is 2.45. The summed E-state index contributed by atoms with van der Waals surface area (Å²) in [7, 11) is 1.66. The molecule has 1 aromatic carbocycles. The van der Waals surface area contributed by atoms with Crippen LogP contribution in [0.15, 0.2) is 24.3 Å². The van der Waals surface area contributed by atoms with Crippen molar-refractivity contribution in [3.05, 3.63) is 24.3 Å². The van der Waals surface area contributed by atoms with Crippen LogP contribution >= 0.6 is 0 Å². The molecular weight excluding hydrogens is 266 g/mol.